The van der Waals surface area contributed by atoms with Gasteiger partial charge in [-0.1, -0.05) is 55.2 Å². The highest BCUT2D eigenvalue weighted by atomic mass is 35.5. The summed E-state index contributed by atoms with van der Waals surface area (Å²) < 4.78 is 5.35. The Bertz CT molecular complexity index is 645. The summed E-state index contributed by atoms with van der Waals surface area (Å²) in [5.41, 5.74) is 0.663. The first-order chi connectivity index (χ1) is 9.90. The molecule has 21 heavy (non-hydrogen) atoms. The Morgan fingerprint density at radius 1 is 1.19 bits per heavy atom. The number of aromatic nitrogens is 2. The zero-order chi connectivity index (χ0) is 15.5. The van der Waals surface area contributed by atoms with E-state index < -0.39 is 5.41 Å². The van der Waals surface area contributed by atoms with Gasteiger partial charge in [-0.2, -0.15) is 0 Å². The van der Waals surface area contributed by atoms with Crippen molar-refractivity contribution in [3.63, 3.8) is 0 Å². The molecule has 0 atom stereocenters. The highest BCUT2D eigenvalue weighted by molar-refractivity contribution is 6.31. The Kier molecular flexibility index (Phi) is 4.80. The van der Waals surface area contributed by atoms with Gasteiger partial charge < -0.3 is 4.74 Å². The molecule has 1 aromatic carbocycles. The summed E-state index contributed by atoms with van der Waals surface area (Å²) in [6, 6.07) is 10.4. The third-order valence-corrected chi connectivity index (χ3v) is 3.49. The first-order valence-corrected chi connectivity index (χ1v) is 7.07. The third-order valence-electron chi connectivity index (χ3n) is 3.02. The Morgan fingerprint density at radius 3 is 2.52 bits per heavy atom. The quantitative estimate of drug-likeness (QED) is 0.800. The summed E-state index contributed by atoms with van der Waals surface area (Å²) in [6.45, 7) is 3.94. The van der Waals surface area contributed by atoms with Crippen molar-refractivity contribution >= 4 is 29.2 Å². The fourth-order valence-electron chi connectivity index (χ4n) is 1.81. The average Bonchev–Trinajstić information content (AvgIpc) is 2.48. The van der Waals surface area contributed by atoms with Crippen LogP contribution in [0, 0.1) is 0 Å². The molecule has 0 spiro atoms. The first kappa shape index (κ1) is 15.7. The highest BCUT2D eigenvalue weighted by Crippen LogP contribution is 2.30. The van der Waals surface area contributed by atoms with Crippen LogP contribution >= 0.6 is 23.2 Å². The Hall–Kier alpha value is -1.65. The van der Waals surface area contributed by atoms with Crippen LogP contribution in [0.5, 0.6) is 0 Å². The summed E-state index contributed by atoms with van der Waals surface area (Å²) in [5, 5.41) is 7.94. The summed E-state index contributed by atoms with van der Waals surface area (Å²) >= 11 is 11.9. The molecule has 0 aliphatic carbocycles. The molecule has 0 radical (unpaired) electrons. The van der Waals surface area contributed by atoms with Crippen LogP contribution in [0.15, 0.2) is 36.4 Å². The van der Waals surface area contributed by atoms with Gasteiger partial charge in [-0.05, 0) is 18.2 Å². The molecule has 0 N–H and O–H groups in total. The van der Waals surface area contributed by atoms with Crippen LogP contribution in [0.2, 0.25) is 10.3 Å². The van der Waals surface area contributed by atoms with Gasteiger partial charge in [0.05, 0.1) is 5.56 Å². The van der Waals surface area contributed by atoms with E-state index in [0.717, 1.165) is 0 Å². The van der Waals surface area contributed by atoms with Crippen molar-refractivity contribution in [2.24, 2.45) is 0 Å². The fraction of sp³-hybridized carbons (Fsp3) is 0.267. The van der Waals surface area contributed by atoms with Gasteiger partial charge in [-0.3, -0.25) is 0 Å². The van der Waals surface area contributed by atoms with Crippen LogP contribution in [0.3, 0.4) is 0 Å². The molecular formula is C15H14Cl2N2O2. The number of hydrogen-bond acceptors (Lipinski definition) is 4. The maximum atomic E-state index is 12.0. The monoisotopic (exact) mass is 324 g/mol. The molecule has 0 aliphatic rings. The second-order valence-electron chi connectivity index (χ2n) is 5.20. The lowest BCUT2D eigenvalue weighted by Gasteiger charge is -2.25. The summed E-state index contributed by atoms with van der Waals surface area (Å²) in [7, 11) is 0. The minimum absolute atomic E-state index is 0.155. The molecular weight excluding hydrogens is 311 g/mol. The Balaban J connectivity index is 2.11. The van der Waals surface area contributed by atoms with Crippen molar-refractivity contribution in [1.82, 2.24) is 10.2 Å². The van der Waals surface area contributed by atoms with Crippen molar-refractivity contribution in [1.29, 1.82) is 0 Å². The van der Waals surface area contributed by atoms with Crippen LogP contribution in [-0.4, -0.2) is 22.8 Å². The second kappa shape index (κ2) is 6.41. The SMILES string of the molecule is CC(C)(COC(=O)c1ccccc1)c1cc(Cl)nnc1Cl. The minimum Gasteiger partial charge on any atom is -0.461 e. The van der Waals surface area contributed by atoms with E-state index in [9.17, 15) is 4.79 Å². The Labute approximate surface area is 133 Å². The first-order valence-electron chi connectivity index (χ1n) is 6.31. The molecule has 4 nitrogen and oxygen atoms in total. The van der Waals surface area contributed by atoms with Crippen molar-refractivity contribution in [3.05, 3.63) is 57.8 Å². The summed E-state index contributed by atoms with van der Waals surface area (Å²) in [4.78, 5) is 12.0. The molecule has 0 saturated heterocycles. The van der Waals surface area contributed by atoms with Crippen molar-refractivity contribution < 1.29 is 9.53 Å². The standard InChI is InChI=1S/C15H14Cl2N2O2/c1-15(2,11-8-12(16)18-19-13(11)17)9-21-14(20)10-6-4-3-5-7-10/h3-8H,9H2,1-2H3. The predicted molar refractivity (Wildman–Crippen MR) is 81.8 cm³/mol. The fourth-order valence-corrected chi connectivity index (χ4v) is 2.30. The van der Waals surface area contributed by atoms with Gasteiger partial charge in [-0.15, -0.1) is 10.2 Å². The van der Waals surface area contributed by atoms with E-state index in [1.54, 1.807) is 30.3 Å². The maximum Gasteiger partial charge on any atom is 0.338 e. The largest absolute Gasteiger partial charge is 0.461 e. The minimum atomic E-state index is -0.527. The highest BCUT2D eigenvalue weighted by Gasteiger charge is 2.27. The topological polar surface area (TPSA) is 52.1 Å². The van der Waals surface area contributed by atoms with Crippen LogP contribution in [0.25, 0.3) is 0 Å². The third kappa shape index (κ3) is 3.93. The number of carbonyl (C=O) groups excluding carboxylic acids is 1. The molecule has 2 aromatic rings. The zero-order valence-electron chi connectivity index (χ0n) is 11.6. The van der Waals surface area contributed by atoms with Gasteiger partial charge in [0.25, 0.3) is 0 Å². The number of hydrogen-bond donors (Lipinski definition) is 0. The van der Waals surface area contributed by atoms with E-state index in [2.05, 4.69) is 10.2 Å². The average molecular weight is 325 g/mol. The van der Waals surface area contributed by atoms with Gasteiger partial charge in [0.1, 0.15) is 6.61 Å². The molecule has 0 fully saturated rings. The molecule has 2 rings (SSSR count). The molecule has 1 aromatic heterocycles. The van der Waals surface area contributed by atoms with E-state index in [1.807, 2.05) is 19.9 Å². The lowest BCUT2D eigenvalue weighted by Crippen LogP contribution is -2.27. The lowest BCUT2D eigenvalue weighted by atomic mass is 9.87. The number of benzene rings is 1. The predicted octanol–water partition coefficient (Wildman–Crippen LogP) is 3.92. The number of carbonyl (C=O) groups is 1. The van der Waals surface area contributed by atoms with Crippen molar-refractivity contribution in [2.45, 2.75) is 19.3 Å². The molecule has 6 heteroatoms. The summed E-state index contributed by atoms with van der Waals surface area (Å²) in [5.74, 6) is -0.382. The molecule has 0 saturated carbocycles. The van der Waals surface area contributed by atoms with Crippen molar-refractivity contribution in [2.75, 3.05) is 6.61 Å². The van der Waals surface area contributed by atoms with Crippen LogP contribution in [0.4, 0.5) is 0 Å². The van der Waals surface area contributed by atoms with E-state index in [-0.39, 0.29) is 22.9 Å². The van der Waals surface area contributed by atoms with Gasteiger partial charge >= 0.3 is 5.97 Å². The van der Waals surface area contributed by atoms with E-state index in [0.29, 0.717) is 11.1 Å². The van der Waals surface area contributed by atoms with E-state index in [4.69, 9.17) is 27.9 Å². The van der Waals surface area contributed by atoms with Crippen LogP contribution < -0.4 is 0 Å². The number of rotatable bonds is 4. The molecule has 110 valence electrons. The molecule has 0 unspecified atom stereocenters. The van der Waals surface area contributed by atoms with Crippen LogP contribution in [0.1, 0.15) is 29.8 Å². The number of halogens is 2. The number of ether oxygens (including phenoxy) is 1. The second-order valence-corrected chi connectivity index (χ2v) is 5.94. The molecule has 0 amide bonds. The Morgan fingerprint density at radius 2 is 1.86 bits per heavy atom. The number of nitrogens with zero attached hydrogens (tertiary/aromatic N) is 2. The van der Waals surface area contributed by atoms with Gasteiger partial charge in [0.15, 0.2) is 10.3 Å². The van der Waals surface area contributed by atoms with Gasteiger partial charge in [0, 0.05) is 11.0 Å². The van der Waals surface area contributed by atoms with E-state index in [1.165, 1.54) is 0 Å². The normalized spacial score (nSPS) is 11.2. The van der Waals surface area contributed by atoms with Gasteiger partial charge in [0.2, 0.25) is 0 Å². The van der Waals surface area contributed by atoms with E-state index >= 15 is 0 Å². The van der Waals surface area contributed by atoms with Crippen LogP contribution in [-0.2, 0) is 10.2 Å². The molecule has 0 bridgehead atoms. The maximum absolute atomic E-state index is 12.0. The molecule has 0 aliphatic heterocycles. The molecule has 1 heterocycles. The lowest BCUT2D eigenvalue weighted by molar-refractivity contribution is 0.0426. The summed E-state index contributed by atoms with van der Waals surface area (Å²) in [6.07, 6.45) is 0. The zero-order valence-corrected chi connectivity index (χ0v) is 13.1. The smallest absolute Gasteiger partial charge is 0.338 e. The van der Waals surface area contributed by atoms with Crippen molar-refractivity contribution in [3.8, 4) is 0 Å². The van der Waals surface area contributed by atoms with Gasteiger partial charge in [-0.25, -0.2) is 4.79 Å². The number of esters is 1.